The number of carbonyl (C=O) groups is 3. The molecule has 9 heteroatoms. The van der Waals surface area contributed by atoms with Crippen molar-refractivity contribution >= 4 is 23.4 Å². The van der Waals surface area contributed by atoms with Crippen LogP contribution in [-0.2, 0) is 19.1 Å². The number of likely N-dealkylation sites (tertiary alicyclic amines) is 1. The van der Waals surface area contributed by atoms with Crippen molar-refractivity contribution in [2.24, 2.45) is 17.8 Å². The number of aliphatic hydroxyl groups is 1. The number of anilines is 1. The van der Waals surface area contributed by atoms with Gasteiger partial charge in [0, 0.05) is 25.3 Å². The highest BCUT2D eigenvalue weighted by atomic mass is 16.5. The van der Waals surface area contributed by atoms with Crippen LogP contribution in [0.25, 0.3) is 0 Å². The quantitative estimate of drug-likeness (QED) is 0.188. The van der Waals surface area contributed by atoms with E-state index in [0.29, 0.717) is 43.1 Å². The summed E-state index contributed by atoms with van der Waals surface area (Å²) in [6, 6.07) is 14.8. The Morgan fingerprint density at radius 1 is 1.06 bits per heavy atom. The molecule has 5 rings (SSSR count). The maximum Gasteiger partial charge on any atom is 0.248 e. The lowest BCUT2D eigenvalue weighted by Crippen LogP contribution is -2.57. The van der Waals surface area contributed by atoms with E-state index in [9.17, 15) is 14.7 Å². The molecule has 0 aromatic heterocycles. The summed E-state index contributed by atoms with van der Waals surface area (Å²) in [7, 11) is 0. The summed E-state index contributed by atoms with van der Waals surface area (Å²) in [6.45, 7) is 17.0. The highest BCUT2D eigenvalue weighted by Gasteiger charge is 2.80. The summed E-state index contributed by atoms with van der Waals surface area (Å²) < 4.78 is 12.7. The number of hydrogen-bond donors (Lipinski definition) is 1. The van der Waals surface area contributed by atoms with E-state index in [2.05, 4.69) is 20.1 Å². The molecule has 3 fully saturated rings. The van der Waals surface area contributed by atoms with Crippen molar-refractivity contribution < 1.29 is 29.0 Å². The topological polar surface area (TPSA) is 99.6 Å². The molecule has 9 nitrogen and oxygen atoms in total. The van der Waals surface area contributed by atoms with Crippen LogP contribution in [0.4, 0.5) is 5.69 Å². The fourth-order valence-electron chi connectivity index (χ4n) is 8.38. The number of nitrogens with zero attached hydrogens (tertiary/aromatic N) is 3. The predicted octanol–water partition coefficient (Wildman–Crippen LogP) is 5.55. The Balaban J connectivity index is 1.63. The van der Waals surface area contributed by atoms with E-state index in [4.69, 9.17) is 9.47 Å². The Labute approximate surface area is 285 Å². The van der Waals surface area contributed by atoms with Crippen molar-refractivity contribution in [3.05, 3.63) is 85.5 Å². The van der Waals surface area contributed by atoms with Crippen LogP contribution in [0.5, 0.6) is 5.75 Å². The molecule has 2 aromatic rings. The van der Waals surface area contributed by atoms with Crippen molar-refractivity contribution in [2.45, 2.75) is 76.7 Å². The van der Waals surface area contributed by atoms with Gasteiger partial charge in [0.15, 0.2) is 0 Å². The fourth-order valence-corrected chi connectivity index (χ4v) is 8.38. The first-order chi connectivity index (χ1) is 23.1. The zero-order valence-corrected chi connectivity index (χ0v) is 28.8. The third-order valence-corrected chi connectivity index (χ3v) is 10.7. The summed E-state index contributed by atoms with van der Waals surface area (Å²) in [5.41, 5.74) is -0.895. The molecule has 2 bridgehead atoms. The van der Waals surface area contributed by atoms with E-state index < -0.39 is 35.1 Å². The third-order valence-electron chi connectivity index (χ3n) is 10.7. The van der Waals surface area contributed by atoms with Crippen molar-refractivity contribution in [1.82, 2.24) is 9.80 Å². The van der Waals surface area contributed by atoms with Crippen molar-refractivity contribution in [2.75, 3.05) is 37.7 Å². The van der Waals surface area contributed by atoms with Crippen LogP contribution >= 0.6 is 0 Å². The maximum atomic E-state index is 15.0. The van der Waals surface area contributed by atoms with Crippen molar-refractivity contribution in [3.63, 3.8) is 0 Å². The normalized spacial score (nSPS) is 27.8. The first-order valence-corrected chi connectivity index (χ1v) is 17.4. The Kier molecular flexibility index (Phi) is 10.8. The second-order valence-electron chi connectivity index (χ2n) is 13.5. The number of ether oxygens (including phenoxy) is 2. The number of amides is 3. The standard InChI is InChI=1S/C39H51N3O6/c1-7-11-15-24-40(22-8-2)37(46)34-39-25-27(5)38(6,48-39)32(33(39)36(45)42(34)31(26-43)28-16-13-12-14-17-28)35(44)41(23-9-3)29-18-20-30(21-19-29)47-10-4/h8-9,12-14,16-21,27,31-34,43H,2-3,7,10-11,15,22-26H2,1,4-6H3/t27?,31-,32+,33+,34?,38-,39?/m1/s1. The second-order valence-corrected chi connectivity index (χ2v) is 13.5. The SMILES string of the molecule is C=CCN(CCCCC)C(=O)C1N([C@H](CO)c2ccccc2)C(=O)[C@@H]2[C@@H](C(=O)N(CC=C)c3ccc(OCC)cc3)[C@]3(C)OC12CC3C. The molecule has 3 saturated heterocycles. The van der Waals surface area contributed by atoms with Crippen LogP contribution in [0, 0.1) is 17.8 Å². The average Bonchev–Trinajstić information content (AvgIpc) is 3.60. The Hall–Kier alpha value is -3.95. The molecule has 0 aliphatic carbocycles. The van der Waals surface area contributed by atoms with Gasteiger partial charge in [0.25, 0.3) is 0 Å². The molecule has 2 aromatic carbocycles. The van der Waals surface area contributed by atoms with E-state index >= 15 is 4.79 Å². The second kappa shape index (κ2) is 14.7. The molecule has 3 aliphatic heterocycles. The zero-order chi connectivity index (χ0) is 34.6. The minimum absolute atomic E-state index is 0.131. The molecule has 3 aliphatic rings. The van der Waals surface area contributed by atoms with E-state index in [1.165, 1.54) is 0 Å². The highest BCUT2D eigenvalue weighted by molar-refractivity contribution is 6.03. The molecule has 1 spiro atoms. The van der Waals surface area contributed by atoms with Crippen LogP contribution < -0.4 is 9.64 Å². The van der Waals surface area contributed by atoms with Gasteiger partial charge in [-0.15, -0.1) is 13.2 Å². The van der Waals surface area contributed by atoms with Crippen LogP contribution in [0.1, 0.15) is 65.0 Å². The van der Waals surface area contributed by atoms with E-state index in [1.54, 1.807) is 26.9 Å². The summed E-state index contributed by atoms with van der Waals surface area (Å²) >= 11 is 0. The first kappa shape index (κ1) is 35.4. The zero-order valence-electron chi connectivity index (χ0n) is 28.8. The molecule has 3 amide bonds. The number of aliphatic hydroxyl groups excluding tert-OH is 1. The van der Waals surface area contributed by atoms with Gasteiger partial charge in [0.05, 0.1) is 36.7 Å². The number of unbranched alkanes of at least 4 members (excludes halogenated alkanes) is 2. The monoisotopic (exact) mass is 657 g/mol. The van der Waals surface area contributed by atoms with Crippen LogP contribution in [0.2, 0.25) is 0 Å². The lowest BCUT2D eigenvalue weighted by atomic mass is 9.62. The van der Waals surface area contributed by atoms with Crippen LogP contribution in [-0.4, -0.2) is 82.7 Å². The Morgan fingerprint density at radius 2 is 1.75 bits per heavy atom. The number of hydrogen-bond acceptors (Lipinski definition) is 6. The highest BCUT2D eigenvalue weighted by Crippen LogP contribution is 2.66. The number of rotatable bonds is 16. The lowest BCUT2D eigenvalue weighted by Gasteiger charge is -2.39. The average molecular weight is 658 g/mol. The molecule has 3 heterocycles. The minimum Gasteiger partial charge on any atom is -0.494 e. The molecule has 7 atom stereocenters. The largest absolute Gasteiger partial charge is 0.494 e. The van der Waals surface area contributed by atoms with E-state index in [1.807, 2.05) is 75.4 Å². The Bertz CT molecular complexity index is 1480. The molecule has 1 N–H and O–H groups in total. The summed E-state index contributed by atoms with van der Waals surface area (Å²) in [6.07, 6.45) is 6.57. The fraction of sp³-hybridized carbons (Fsp3) is 0.513. The summed E-state index contributed by atoms with van der Waals surface area (Å²) in [4.78, 5) is 49.8. The van der Waals surface area contributed by atoms with E-state index in [0.717, 1.165) is 19.3 Å². The molecular formula is C39H51N3O6. The van der Waals surface area contributed by atoms with Gasteiger partial charge in [-0.05, 0) is 62.4 Å². The van der Waals surface area contributed by atoms with Gasteiger partial charge in [-0.2, -0.15) is 0 Å². The van der Waals surface area contributed by atoms with Gasteiger partial charge in [-0.1, -0.05) is 69.2 Å². The number of fused-ring (bicyclic) bond motifs is 1. The molecule has 0 saturated carbocycles. The first-order valence-electron chi connectivity index (χ1n) is 17.4. The van der Waals surface area contributed by atoms with Gasteiger partial charge in [0.2, 0.25) is 17.7 Å². The van der Waals surface area contributed by atoms with E-state index in [-0.39, 0.29) is 36.8 Å². The molecular weight excluding hydrogens is 606 g/mol. The van der Waals surface area contributed by atoms with Gasteiger partial charge in [-0.25, -0.2) is 0 Å². The van der Waals surface area contributed by atoms with Gasteiger partial charge in [-0.3, -0.25) is 14.4 Å². The van der Waals surface area contributed by atoms with Crippen molar-refractivity contribution in [3.8, 4) is 5.75 Å². The molecule has 0 radical (unpaired) electrons. The number of carbonyl (C=O) groups excluding carboxylic acids is 3. The Morgan fingerprint density at radius 3 is 2.35 bits per heavy atom. The molecule has 3 unspecified atom stereocenters. The minimum atomic E-state index is -1.26. The molecule has 258 valence electrons. The number of benzene rings is 2. The van der Waals surface area contributed by atoms with Crippen molar-refractivity contribution in [1.29, 1.82) is 0 Å². The van der Waals surface area contributed by atoms with Crippen LogP contribution in [0.15, 0.2) is 79.9 Å². The summed E-state index contributed by atoms with van der Waals surface area (Å²) in [5.74, 6) is -2.07. The van der Waals surface area contributed by atoms with Gasteiger partial charge >= 0.3 is 0 Å². The van der Waals surface area contributed by atoms with Crippen LogP contribution in [0.3, 0.4) is 0 Å². The van der Waals surface area contributed by atoms with Gasteiger partial charge < -0.3 is 29.3 Å². The third kappa shape index (κ3) is 5.96. The smallest absolute Gasteiger partial charge is 0.248 e. The van der Waals surface area contributed by atoms with Gasteiger partial charge in [0.1, 0.15) is 17.4 Å². The summed E-state index contributed by atoms with van der Waals surface area (Å²) in [5, 5.41) is 10.9. The predicted molar refractivity (Wildman–Crippen MR) is 186 cm³/mol. The maximum absolute atomic E-state index is 15.0. The molecule has 48 heavy (non-hydrogen) atoms. The lowest BCUT2D eigenvalue weighted by molar-refractivity contribution is -0.155.